The molecule has 29 heavy (non-hydrogen) atoms. The molecule has 0 heterocycles. The Balaban J connectivity index is 2.09. The van der Waals surface area contributed by atoms with Crippen molar-refractivity contribution in [2.75, 3.05) is 6.61 Å². The van der Waals surface area contributed by atoms with Crippen LogP contribution >= 0.6 is 0 Å². The minimum atomic E-state index is -0.441. The standard InChI is InChI=1S/C22H33NO6/c1-3-4-16-28-20(24)14-9-7-5-6-8-10-15-21(25)29-17-19-13-11-12-18(2)22(19)23(26)27/h11-13H,3-10,14-17H2,1-2H3. The van der Waals surface area contributed by atoms with E-state index in [9.17, 15) is 19.7 Å². The number of unbranched alkanes of at least 4 members (excludes halogenated alkanes) is 6. The molecule has 0 unspecified atom stereocenters. The highest BCUT2D eigenvalue weighted by atomic mass is 16.6. The molecule has 0 fully saturated rings. The van der Waals surface area contributed by atoms with E-state index in [4.69, 9.17) is 9.47 Å². The molecule has 0 atom stereocenters. The normalized spacial score (nSPS) is 10.6. The number of nitrogens with zero attached hydrogens (tertiary/aromatic N) is 1. The Morgan fingerprint density at radius 3 is 2.10 bits per heavy atom. The summed E-state index contributed by atoms with van der Waals surface area (Å²) in [5.74, 6) is -0.453. The minimum Gasteiger partial charge on any atom is -0.466 e. The fourth-order valence-corrected chi connectivity index (χ4v) is 2.98. The average molecular weight is 408 g/mol. The third-order valence-corrected chi connectivity index (χ3v) is 4.67. The van der Waals surface area contributed by atoms with Gasteiger partial charge in [-0.15, -0.1) is 0 Å². The van der Waals surface area contributed by atoms with Gasteiger partial charge in [0, 0.05) is 18.4 Å². The highest BCUT2D eigenvalue weighted by Crippen LogP contribution is 2.23. The van der Waals surface area contributed by atoms with Crippen molar-refractivity contribution in [1.29, 1.82) is 0 Å². The summed E-state index contributed by atoms with van der Waals surface area (Å²) in [4.78, 5) is 34.0. The SMILES string of the molecule is CCCCOC(=O)CCCCCCCCC(=O)OCc1cccc(C)c1[N+](=O)[O-]. The van der Waals surface area contributed by atoms with Gasteiger partial charge >= 0.3 is 11.9 Å². The van der Waals surface area contributed by atoms with Crippen LogP contribution in [0.15, 0.2) is 18.2 Å². The van der Waals surface area contributed by atoms with Crippen LogP contribution in [0.5, 0.6) is 0 Å². The van der Waals surface area contributed by atoms with Crippen molar-refractivity contribution in [3.63, 3.8) is 0 Å². The fraction of sp³-hybridized carbons (Fsp3) is 0.636. The molecule has 1 aromatic rings. The molecular weight excluding hydrogens is 374 g/mol. The Labute approximate surface area is 172 Å². The lowest BCUT2D eigenvalue weighted by atomic mass is 10.1. The van der Waals surface area contributed by atoms with Gasteiger partial charge in [0.25, 0.3) is 5.69 Å². The first kappa shape index (κ1) is 24.6. The van der Waals surface area contributed by atoms with E-state index in [2.05, 4.69) is 6.92 Å². The largest absolute Gasteiger partial charge is 0.466 e. The Bertz CT molecular complexity index is 659. The number of ether oxygens (including phenoxy) is 2. The first-order chi connectivity index (χ1) is 14.0. The number of carbonyl (C=O) groups is 2. The van der Waals surface area contributed by atoms with Crippen LogP contribution in [0.1, 0.15) is 82.3 Å². The molecule has 0 spiro atoms. The van der Waals surface area contributed by atoms with Gasteiger partial charge in [-0.3, -0.25) is 19.7 Å². The quantitative estimate of drug-likeness (QED) is 0.167. The number of rotatable bonds is 15. The number of carbonyl (C=O) groups excluding carboxylic acids is 2. The molecule has 1 aromatic carbocycles. The molecular formula is C22H33NO6. The second-order valence-corrected chi connectivity index (χ2v) is 7.20. The topological polar surface area (TPSA) is 95.7 Å². The molecule has 0 saturated heterocycles. The van der Waals surface area contributed by atoms with Gasteiger partial charge in [-0.2, -0.15) is 0 Å². The van der Waals surface area contributed by atoms with Gasteiger partial charge < -0.3 is 9.47 Å². The summed E-state index contributed by atoms with van der Waals surface area (Å²) >= 11 is 0. The summed E-state index contributed by atoms with van der Waals surface area (Å²) in [5.41, 5.74) is 0.976. The van der Waals surface area contributed by atoms with Crippen molar-refractivity contribution in [1.82, 2.24) is 0 Å². The molecule has 0 aliphatic carbocycles. The zero-order valence-corrected chi connectivity index (χ0v) is 17.6. The van der Waals surface area contributed by atoms with Gasteiger partial charge in [0.15, 0.2) is 0 Å². The molecule has 0 N–H and O–H groups in total. The van der Waals surface area contributed by atoms with Crippen molar-refractivity contribution in [3.8, 4) is 0 Å². The molecule has 0 bridgehead atoms. The van der Waals surface area contributed by atoms with Crippen LogP contribution in [-0.2, 0) is 25.7 Å². The molecule has 0 saturated carbocycles. The van der Waals surface area contributed by atoms with E-state index >= 15 is 0 Å². The summed E-state index contributed by atoms with van der Waals surface area (Å²) in [6.45, 7) is 4.16. The summed E-state index contributed by atoms with van der Waals surface area (Å²) in [6, 6.07) is 4.99. The number of esters is 2. The predicted octanol–water partition coefficient (Wildman–Crippen LogP) is 5.41. The van der Waals surface area contributed by atoms with Crippen LogP contribution in [0.3, 0.4) is 0 Å². The highest BCUT2D eigenvalue weighted by Gasteiger charge is 2.17. The summed E-state index contributed by atoms with van der Waals surface area (Å²) in [5, 5.41) is 11.1. The summed E-state index contributed by atoms with van der Waals surface area (Å²) in [6.07, 6.45) is 8.20. The smallest absolute Gasteiger partial charge is 0.306 e. The second-order valence-electron chi connectivity index (χ2n) is 7.20. The average Bonchev–Trinajstić information content (AvgIpc) is 2.68. The van der Waals surface area contributed by atoms with Crippen molar-refractivity contribution < 1.29 is 24.0 Å². The molecule has 1 rings (SSSR count). The number of hydrogen-bond acceptors (Lipinski definition) is 6. The lowest BCUT2D eigenvalue weighted by Gasteiger charge is -2.07. The first-order valence-corrected chi connectivity index (χ1v) is 10.5. The third kappa shape index (κ3) is 10.6. The monoisotopic (exact) mass is 407 g/mol. The maximum Gasteiger partial charge on any atom is 0.306 e. The van der Waals surface area contributed by atoms with Crippen molar-refractivity contribution in [2.24, 2.45) is 0 Å². The van der Waals surface area contributed by atoms with E-state index in [1.54, 1.807) is 25.1 Å². The Morgan fingerprint density at radius 1 is 0.931 bits per heavy atom. The Morgan fingerprint density at radius 2 is 1.52 bits per heavy atom. The van der Waals surface area contributed by atoms with Gasteiger partial charge in [-0.1, -0.05) is 51.2 Å². The van der Waals surface area contributed by atoms with Crippen molar-refractivity contribution >= 4 is 17.6 Å². The highest BCUT2D eigenvalue weighted by molar-refractivity contribution is 5.69. The van der Waals surface area contributed by atoms with Crippen molar-refractivity contribution in [3.05, 3.63) is 39.4 Å². The summed E-state index contributed by atoms with van der Waals surface area (Å²) in [7, 11) is 0. The zero-order valence-electron chi connectivity index (χ0n) is 17.6. The molecule has 7 heteroatoms. The van der Waals surface area contributed by atoms with Gasteiger partial charge in [-0.25, -0.2) is 0 Å². The Kier molecular flexibility index (Phi) is 12.3. The zero-order chi connectivity index (χ0) is 21.5. The molecule has 0 aliphatic heterocycles. The molecule has 0 radical (unpaired) electrons. The predicted molar refractivity (Wildman–Crippen MR) is 110 cm³/mol. The second kappa shape index (κ2) is 14.5. The Hall–Kier alpha value is -2.44. The van der Waals surface area contributed by atoms with Gasteiger partial charge in [0.1, 0.15) is 6.61 Å². The number of nitro groups is 1. The first-order valence-electron chi connectivity index (χ1n) is 10.5. The van der Waals surface area contributed by atoms with E-state index in [1.165, 1.54) is 0 Å². The van der Waals surface area contributed by atoms with Crippen LogP contribution in [0, 0.1) is 17.0 Å². The molecule has 0 amide bonds. The van der Waals surface area contributed by atoms with Crippen LogP contribution in [-0.4, -0.2) is 23.5 Å². The number of nitro benzene ring substituents is 1. The van der Waals surface area contributed by atoms with Gasteiger partial charge in [0.05, 0.1) is 17.1 Å². The van der Waals surface area contributed by atoms with E-state index in [0.717, 1.165) is 51.4 Å². The number of para-hydroxylation sites is 1. The third-order valence-electron chi connectivity index (χ3n) is 4.67. The van der Waals surface area contributed by atoms with Crippen LogP contribution in [0.4, 0.5) is 5.69 Å². The molecule has 0 aromatic heterocycles. The van der Waals surface area contributed by atoms with E-state index in [1.807, 2.05) is 0 Å². The van der Waals surface area contributed by atoms with Crippen LogP contribution in [0.2, 0.25) is 0 Å². The summed E-state index contributed by atoms with van der Waals surface area (Å²) < 4.78 is 10.3. The fourth-order valence-electron chi connectivity index (χ4n) is 2.98. The van der Waals surface area contributed by atoms with E-state index in [0.29, 0.717) is 30.6 Å². The number of aryl methyl sites for hydroxylation is 1. The molecule has 7 nitrogen and oxygen atoms in total. The minimum absolute atomic E-state index is 0.00884. The number of benzene rings is 1. The lowest BCUT2D eigenvalue weighted by molar-refractivity contribution is -0.386. The number of hydrogen-bond donors (Lipinski definition) is 0. The maximum absolute atomic E-state index is 11.9. The van der Waals surface area contributed by atoms with Crippen LogP contribution < -0.4 is 0 Å². The maximum atomic E-state index is 11.9. The molecule has 162 valence electrons. The van der Waals surface area contributed by atoms with Gasteiger partial charge in [0.2, 0.25) is 0 Å². The van der Waals surface area contributed by atoms with E-state index < -0.39 is 4.92 Å². The van der Waals surface area contributed by atoms with Gasteiger partial charge in [-0.05, 0) is 32.3 Å². The van der Waals surface area contributed by atoms with Crippen LogP contribution in [0.25, 0.3) is 0 Å². The van der Waals surface area contributed by atoms with E-state index in [-0.39, 0.29) is 24.2 Å². The van der Waals surface area contributed by atoms with Crippen molar-refractivity contribution in [2.45, 2.75) is 84.7 Å². The lowest BCUT2D eigenvalue weighted by Crippen LogP contribution is -2.06. The molecule has 0 aliphatic rings.